The predicted octanol–water partition coefficient (Wildman–Crippen LogP) is 3.76. The molecule has 3 N–H and O–H groups in total. The molecule has 6 nitrogen and oxygen atoms in total. The van der Waals surface area contributed by atoms with E-state index in [1.54, 1.807) is 36.4 Å². The molecule has 0 saturated carbocycles. The number of carbonyl (C=O) groups excluding carboxylic acids is 1. The molecule has 7 heteroatoms. The van der Waals surface area contributed by atoms with E-state index in [-0.39, 0.29) is 11.4 Å². The SMILES string of the molecule is NC(=NNC(=O)c1ccc(Br)cc1)c1cc2c(ccc3ccccc32)oc1=O. The van der Waals surface area contributed by atoms with E-state index in [0.29, 0.717) is 11.1 Å². The van der Waals surface area contributed by atoms with Crippen LogP contribution in [0.1, 0.15) is 15.9 Å². The van der Waals surface area contributed by atoms with Crippen LogP contribution in [0.25, 0.3) is 21.7 Å². The Morgan fingerprint density at radius 2 is 1.75 bits per heavy atom. The van der Waals surface area contributed by atoms with Crippen LogP contribution in [-0.4, -0.2) is 11.7 Å². The Kier molecular flexibility index (Phi) is 4.67. The minimum absolute atomic E-state index is 0.0833. The second-order valence-corrected chi connectivity index (χ2v) is 7.01. The third-order valence-corrected chi connectivity index (χ3v) is 4.83. The van der Waals surface area contributed by atoms with Gasteiger partial charge in [-0.15, -0.1) is 0 Å². The first-order chi connectivity index (χ1) is 13.5. The summed E-state index contributed by atoms with van der Waals surface area (Å²) < 4.78 is 6.25. The molecule has 28 heavy (non-hydrogen) atoms. The molecule has 0 unspecified atom stereocenters. The maximum atomic E-state index is 12.3. The highest BCUT2D eigenvalue weighted by Gasteiger charge is 2.12. The Labute approximate surface area is 167 Å². The number of halogens is 1. The van der Waals surface area contributed by atoms with E-state index < -0.39 is 11.5 Å². The zero-order valence-corrected chi connectivity index (χ0v) is 16.1. The maximum Gasteiger partial charge on any atom is 0.347 e. The lowest BCUT2D eigenvalue weighted by Crippen LogP contribution is -2.27. The molecule has 0 saturated heterocycles. The summed E-state index contributed by atoms with van der Waals surface area (Å²) in [5, 5.41) is 6.54. The van der Waals surface area contributed by atoms with Crippen molar-refractivity contribution < 1.29 is 9.21 Å². The molecule has 0 fully saturated rings. The Morgan fingerprint density at radius 3 is 2.54 bits per heavy atom. The highest BCUT2D eigenvalue weighted by molar-refractivity contribution is 9.10. The van der Waals surface area contributed by atoms with E-state index >= 15 is 0 Å². The Hall–Kier alpha value is -3.45. The van der Waals surface area contributed by atoms with Crippen LogP contribution in [0.2, 0.25) is 0 Å². The van der Waals surface area contributed by atoms with Crippen molar-refractivity contribution in [3.8, 4) is 0 Å². The summed E-state index contributed by atoms with van der Waals surface area (Å²) in [5.74, 6) is -0.569. The average molecular weight is 436 g/mol. The summed E-state index contributed by atoms with van der Waals surface area (Å²) in [7, 11) is 0. The van der Waals surface area contributed by atoms with Gasteiger partial charge in [-0.25, -0.2) is 10.2 Å². The standard InChI is InChI=1S/C21H14BrN3O3/c22-14-8-5-13(6-9-14)20(26)25-24-19(23)17-11-16-15-4-2-1-3-12(15)7-10-18(16)28-21(17)27/h1-11H,(H2,23,24)(H,25,26). The first-order valence-electron chi connectivity index (χ1n) is 8.38. The Morgan fingerprint density at radius 1 is 1.00 bits per heavy atom. The fourth-order valence-electron chi connectivity index (χ4n) is 2.89. The van der Waals surface area contributed by atoms with Crippen LogP contribution in [-0.2, 0) is 0 Å². The summed E-state index contributed by atoms with van der Waals surface area (Å²) >= 11 is 3.31. The molecule has 0 aliphatic carbocycles. The number of hydrazone groups is 1. The number of benzene rings is 3. The van der Waals surface area contributed by atoms with Crippen molar-refractivity contribution in [1.82, 2.24) is 5.43 Å². The van der Waals surface area contributed by atoms with Gasteiger partial charge in [-0.1, -0.05) is 46.3 Å². The number of nitrogens with zero attached hydrogens (tertiary/aromatic N) is 1. The molecular weight excluding hydrogens is 422 g/mol. The summed E-state index contributed by atoms with van der Waals surface area (Å²) in [5.41, 5.74) is 8.64. The van der Waals surface area contributed by atoms with Gasteiger partial charge >= 0.3 is 5.63 Å². The summed E-state index contributed by atoms with van der Waals surface area (Å²) in [4.78, 5) is 24.5. The first kappa shape index (κ1) is 17.9. The second-order valence-electron chi connectivity index (χ2n) is 6.09. The van der Waals surface area contributed by atoms with E-state index in [1.165, 1.54) is 0 Å². The predicted molar refractivity (Wildman–Crippen MR) is 112 cm³/mol. The van der Waals surface area contributed by atoms with Crippen LogP contribution >= 0.6 is 15.9 Å². The number of carbonyl (C=O) groups is 1. The molecule has 0 aliphatic rings. The number of rotatable bonds is 3. The van der Waals surface area contributed by atoms with Crippen molar-refractivity contribution in [3.63, 3.8) is 0 Å². The molecule has 1 aromatic heterocycles. The zero-order valence-electron chi connectivity index (χ0n) is 14.5. The number of hydrogen-bond donors (Lipinski definition) is 2. The monoisotopic (exact) mass is 435 g/mol. The molecule has 0 spiro atoms. The van der Waals surface area contributed by atoms with Gasteiger partial charge in [-0.05, 0) is 47.2 Å². The number of amides is 1. The lowest BCUT2D eigenvalue weighted by atomic mass is 10.0. The summed E-state index contributed by atoms with van der Waals surface area (Å²) in [6, 6.07) is 19.8. The average Bonchev–Trinajstić information content (AvgIpc) is 2.71. The van der Waals surface area contributed by atoms with E-state index in [1.807, 2.05) is 30.3 Å². The molecule has 3 aromatic carbocycles. The molecule has 0 radical (unpaired) electrons. The van der Waals surface area contributed by atoms with Gasteiger partial charge in [0.15, 0.2) is 5.84 Å². The van der Waals surface area contributed by atoms with Crippen molar-refractivity contribution in [2.45, 2.75) is 0 Å². The largest absolute Gasteiger partial charge is 0.422 e. The van der Waals surface area contributed by atoms with E-state index in [4.69, 9.17) is 10.2 Å². The highest BCUT2D eigenvalue weighted by Crippen LogP contribution is 2.24. The van der Waals surface area contributed by atoms with E-state index in [0.717, 1.165) is 20.6 Å². The molecule has 0 atom stereocenters. The lowest BCUT2D eigenvalue weighted by molar-refractivity contribution is 0.0955. The van der Waals surface area contributed by atoms with Gasteiger partial charge in [0.1, 0.15) is 11.1 Å². The highest BCUT2D eigenvalue weighted by atomic mass is 79.9. The van der Waals surface area contributed by atoms with Gasteiger partial charge in [0, 0.05) is 15.4 Å². The fraction of sp³-hybridized carbons (Fsp3) is 0. The minimum atomic E-state index is -0.623. The summed E-state index contributed by atoms with van der Waals surface area (Å²) in [6.07, 6.45) is 0. The van der Waals surface area contributed by atoms with Gasteiger partial charge < -0.3 is 10.2 Å². The van der Waals surface area contributed by atoms with Gasteiger partial charge in [0.2, 0.25) is 0 Å². The maximum absolute atomic E-state index is 12.3. The van der Waals surface area contributed by atoms with E-state index in [2.05, 4.69) is 26.5 Å². The number of nitrogens with two attached hydrogens (primary N) is 1. The van der Waals surface area contributed by atoms with Crippen LogP contribution in [0.3, 0.4) is 0 Å². The van der Waals surface area contributed by atoms with Crippen molar-refractivity contribution >= 4 is 49.4 Å². The van der Waals surface area contributed by atoms with Gasteiger partial charge in [-0.3, -0.25) is 4.79 Å². The molecule has 4 rings (SSSR count). The number of nitrogens with one attached hydrogen (secondary N) is 1. The van der Waals surface area contributed by atoms with Crippen molar-refractivity contribution in [3.05, 3.63) is 92.7 Å². The topological polar surface area (TPSA) is 97.7 Å². The van der Waals surface area contributed by atoms with Crippen molar-refractivity contribution in [1.29, 1.82) is 0 Å². The zero-order chi connectivity index (χ0) is 19.7. The van der Waals surface area contributed by atoms with Crippen LogP contribution in [0.15, 0.2) is 85.5 Å². The smallest absolute Gasteiger partial charge is 0.347 e. The Balaban J connectivity index is 1.71. The molecule has 4 aromatic rings. The van der Waals surface area contributed by atoms with Crippen LogP contribution in [0.4, 0.5) is 0 Å². The van der Waals surface area contributed by atoms with Crippen LogP contribution in [0, 0.1) is 0 Å². The number of amidine groups is 1. The molecule has 138 valence electrons. The Bertz CT molecular complexity index is 1290. The second kappa shape index (κ2) is 7.28. The molecule has 0 aliphatic heterocycles. The first-order valence-corrected chi connectivity index (χ1v) is 9.17. The normalized spacial score (nSPS) is 11.7. The molecule has 0 bridgehead atoms. The van der Waals surface area contributed by atoms with Crippen LogP contribution < -0.4 is 16.8 Å². The number of fused-ring (bicyclic) bond motifs is 3. The lowest BCUT2D eigenvalue weighted by Gasteiger charge is -2.06. The summed E-state index contributed by atoms with van der Waals surface area (Å²) in [6.45, 7) is 0. The van der Waals surface area contributed by atoms with Crippen molar-refractivity contribution in [2.24, 2.45) is 10.8 Å². The molecule has 1 heterocycles. The number of hydrogen-bond acceptors (Lipinski definition) is 4. The quantitative estimate of drug-likeness (QED) is 0.168. The minimum Gasteiger partial charge on any atom is -0.422 e. The van der Waals surface area contributed by atoms with Gasteiger partial charge in [-0.2, -0.15) is 5.10 Å². The van der Waals surface area contributed by atoms with Gasteiger partial charge in [0.05, 0.1) is 0 Å². The third-order valence-electron chi connectivity index (χ3n) is 4.30. The molecule has 1 amide bonds. The van der Waals surface area contributed by atoms with Crippen LogP contribution in [0.5, 0.6) is 0 Å². The molecular formula is C21H14BrN3O3. The third kappa shape index (κ3) is 3.39. The van der Waals surface area contributed by atoms with Gasteiger partial charge in [0.25, 0.3) is 5.91 Å². The van der Waals surface area contributed by atoms with E-state index in [9.17, 15) is 9.59 Å². The fourth-order valence-corrected chi connectivity index (χ4v) is 3.15. The van der Waals surface area contributed by atoms with Crippen molar-refractivity contribution in [2.75, 3.05) is 0 Å².